The van der Waals surface area contributed by atoms with Crippen LogP contribution in [0.25, 0.3) is 0 Å². The third-order valence-corrected chi connectivity index (χ3v) is 6.68. The van der Waals surface area contributed by atoms with Gasteiger partial charge in [-0.1, -0.05) is 19.9 Å². The van der Waals surface area contributed by atoms with Crippen molar-refractivity contribution >= 4 is 28.3 Å². The molecule has 1 aromatic heterocycles. The van der Waals surface area contributed by atoms with Crippen LogP contribution in [0.5, 0.6) is 0 Å². The van der Waals surface area contributed by atoms with E-state index in [4.69, 9.17) is 0 Å². The number of halogens is 1. The van der Waals surface area contributed by atoms with Gasteiger partial charge in [0.05, 0.1) is 12.2 Å². The number of amides is 1. The highest BCUT2D eigenvalue weighted by Crippen LogP contribution is 2.18. The SMILES string of the molecule is CCN(CC)S(=O)(=O)CC(=O)N(Cc1ccccn1)C1CCCNCC1.Cl. The first kappa shape index (κ1) is 23.8. The van der Waals surface area contributed by atoms with Crippen LogP contribution in [0.1, 0.15) is 38.8 Å². The molecule has 1 unspecified atom stereocenters. The number of aromatic nitrogens is 1. The third-order valence-electron chi connectivity index (χ3n) is 4.77. The van der Waals surface area contributed by atoms with Crippen molar-refractivity contribution in [2.45, 2.75) is 45.7 Å². The largest absolute Gasteiger partial charge is 0.333 e. The first-order chi connectivity index (χ1) is 12.5. The molecule has 0 bridgehead atoms. The standard InChI is InChI=1S/C18H30N4O3S.ClH/c1-3-21(4-2)26(24,25)15-18(23)22(14-16-8-5-6-12-20-16)17-9-7-11-19-13-10-17;/h5-6,8,12,17,19H,3-4,7,9-11,13-15H2,1-2H3;1H. The summed E-state index contributed by atoms with van der Waals surface area (Å²) in [5.41, 5.74) is 0.776. The quantitative estimate of drug-likeness (QED) is 0.694. The highest BCUT2D eigenvalue weighted by atomic mass is 35.5. The Morgan fingerprint density at radius 2 is 1.96 bits per heavy atom. The Morgan fingerprint density at radius 3 is 2.59 bits per heavy atom. The van der Waals surface area contributed by atoms with Crippen LogP contribution in [0.2, 0.25) is 0 Å². The second kappa shape index (κ2) is 11.6. The van der Waals surface area contributed by atoms with Gasteiger partial charge in [-0.2, -0.15) is 0 Å². The van der Waals surface area contributed by atoms with Crippen molar-refractivity contribution < 1.29 is 13.2 Å². The van der Waals surface area contributed by atoms with E-state index >= 15 is 0 Å². The van der Waals surface area contributed by atoms with Crippen LogP contribution in [0, 0.1) is 0 Å². The number of hydrogen-bond acceptors (Lipinski definition) is 5. The Morgan fingerprint density at radius 1 is 1.22 bits per heavy atom. The number of sulfonamides is 1. The fraction of sp³-hybridized carbons (Fsp3) is 0.667. The molecular weight excluding hydrogens is 388 g/mol. The molecule has 0 radical (unpaired) electrons. The van der Waals surface area contributed by atoms with Gasteiger partial charge in [-0.15, -0.1) is 12.4 Å². The summed E-state index contributed by atoms with van der Waals surface area (Å²) in [7, 11) is -3.60. The second-order valence-electron chi connectivity index (χ2n) is 6.52. The van der Waals surface area contributed by atoms with E-state index in [2.05, 4.69) is 10.3 Å². The number of nitrogens with zero attached hydrogens (tertiary/aromatic N) is 3. The van der Waals surface area contributed by atoms with Gasteiger partial charge < -0.3 is 10.2 Å². The number of carbonyl (C=O) groups excluding carboxylic acids is 1. The maximum Gasteiger partial charge on any atom is 0.239 e. The highest BCUT2D eigenvalue weighted by molar-refractivity contribution is 7.89. The minimum Gasteiger partial charge on any atom is -0.333 e. The predicted octanol–water partition coefficient (Wildman–Crippen LogP) is 1.65. The first-order valence-electron chi connectivity index (χ1n) is 9.35. The monoisotopic (exact) mass is 418 g/mol. The minimum absolute atomic E-state index is 0. The smallest absolute Gasteiger partial charge is 0.239 e. The Labute approximate surface area is 169 Å². The van der Waals surface area contributed by atoms with Gasteiger partial charge in [-0.3, -0.25) is 9.78 Å². The van der Waals surface area contributed by atoms with Crippen molar-refractivity contribution in [3.8, 4) is 0 Å². The van der Waals surface area contributed by atoms with E-state index < -0.39 is 15.8 Å². The van der Waals surface area contributed by atoms with E-state index in [0.717, 1.165) is 38.0 Å². The Kier molecular flexibility index (Phi) is 10.2. The summed E-state index contributed by atoms with van der Waals surface area (Å²) < 4.78 is 26.5. The minimum atomic E-state index is -3.60. The maximum absolute atomic E-state index is 13.0. The molecule has 27 heavy (non-hydrogen) atoms. The molecular formula is C18H31ClN4O3S. The molecule has 9 heteroatoms. The van der Waals surface area contributed by atoms with Gasteiger partial charge in [-0.05, 0) is 44.5 Å². The Bertz CT molecular complexity index is 660. The molecule has 0 aliphatic carbocycles. The van der Waals surface area contributed by atoms with Crippen molar-refractivity contribution in [1.82, 2.24) is 19.5 Å². The van der Waals surface area contributed by atoms with E-state index in [9.17, 15) is 13.2 Å². The molecule has 7 nitrogen and oxygen atoms in total. The number of pyridine rings is 1. The Hall–Kier alpha value is -1.22. The summed E-state index contributed by atoms with van der Waals surface area (Å²) in [5, 5.41) is 3.34. The molecule has 0 saturated carbocycles. The first-order valence-corrected chi connectivity index (χ1v) is 11.0. The summed E-state index contributed by atoms with van der Waals surface area (Å²) in [6, 6.07) is 5.61. The summed E-state index contributed by atoms with van der Waals surface area (Å²) in [5.74, 6) is -0.819. The summed E-state index contributed by atoms with van der Waals surface area (Å²) in [6.45, 7) is 6.43. The lowest BCUT2D eigenvalue weighted by molar-refractivity contribution is -0.131. The maximum atomic E-state index is 13.0. The van der Waals surface area contributed by atoms with Gasteiger partial charge in [0.2, 0.25) is 15.9 Å². The molecule has 1 aromatic rings. The summed E-state index contributed by atoms with van der Waals surface area (Å²) in [4.78, 5) is 19.0. The van der Waals surface area contributed by atoms with Gasteiger partial charge >= 0.3 is 0 Å². The zero-order valence-electron chi connectivity index (χ0n) is 16.1. The topological polar surface area (TPSA) is 82.6 Å². The van der Waals surface area contributed by atoms with E-state index in [0.29, 0.717) is 19.6 Å². The van der Waals surface area contributed by atoms with Crippen LogP contribution >= 0.6 is 12.4 Å². The summed E-state index contributed by atoms with van der Waals surface area (Å²) >= 11 is 0. The van der Waals surface area contributed by atoms with Gasteiger partial charge in [0.1, 0.15) is 5.75 Å². The molecule has 1 atom stereocenters. The average Bonchev–Trinajstić information content (AvgIpc) is 2.90. The highest BCUT2D eigenvalue weighted by Gasteiger charge is 2.30. The molecule has 1 fully saturated rings. The van der Waals surface area contributed by atoms with Crippen LogP contribution < -0.4 is 5.32 Å². The predicted molar refractivity (Wildman–Crippen MR) is 109 cm³/mol. The lowest BCUT2D eigenvalue weighted by atomic mass is 10.1. The van der Waals surface area contributed by atoms with Crippen LogP contribution in [0.3, 0.4) is 0 Å². The molecule has 1 saturated heterocycles. The lowest BCUT2D eigenvalue weighted by Gasteiger charge is -2.31. The molecule has 154 valence electrons. The lowest BCUT2D eigenvalue weighted by Crippen LogP contribution is -2.46. The number of rotatable bonds is 8. The molecule has 1 amide bonds. The van der Waals surface area contributed by atoms with Crippen LogP contribution in [-0.4, -0.2) is 66.5 Å². The van der Waals surface area contributed by atoms with Crippen molar-refractivity contribution in [1.29, 1.82) is 0 Å². The Balaban J connectivity index is 0.00000364. The number of carbonyl (C=O) groups is 1. The van der Waals surface area contributed by atoms with E-state index in [1.807, 2.05) is 18.2 Å². The number of nitrogens with one attached hydrogen (secondary N) is 1. The second-order valence-corrected chi connectivity index (χ2v) is 8.49. The third kappa shape index (κ3) is 7.03. The van der Waals surface area contributed by atoms with E-state index in [-0.39, 0.29) is 24.4 Å². The number of hydrogen-bond donors (Lipinski definition) is 1. The van der Waals surface area contributed by atoms with Gasteiger partial charge in [-0.25, -0.2) is 12.7 Å². The van der Waals surface area contributed by atoms with Crippen molar-refractivity contribution in [2.24, 2.45) is 0 Å². The molecule has 1 N–H and O–H groups in total. The normalized spacial score (nSPS) is 17.8. The molecule has 1 aliphatic heterocycles. The van der Waals surface area contributed by atoms with Crippen LogP contribution in [-0.2, 0) is 21.4 Å². The van der Waals surface area contributed by atoms with Crippen LogP contribution in [0.4, 0.5) is 0 Å². The zero-order chi connectivity index (χ0) is 19.0. The average molecular weight is 419 g/mol. The van der Waals surface area contributed by atoms with E-state index in [1.54, 1.807) is 24.9 Å². The fourth-order valence-electron chi connectivity index (χ4n) is 3.35. The zero-order valence-corrected chi connectivity index (χ0v) is 17.8. The van der Waals surface area contributed by atoms with Crippen molar-refractivity contribution in [3.05, 3.63) is 30.1 Å². The van der Waals surface area contributed by atoms with Gasteiger partial charge in [0.15, 0.2) is 0 Å². The van der Waals surface area contributed by atoms with Crippen molar-refractivity contribution in [3.63, 3.8) is 0 Å². The van der Waals surface area contributed by atoms with Crippen LogP contribution in [0.15, 0.2) is 24.4 Å². The van der Waals surface area contributed by atoms with Gasteiger partial charge in [0.25, 0.3) is 0 Å². The fourth-order valence-corrected chi connectivity index (χ4v) is 4.79. The molecule has 2 heterocycles. The molecule has 0 spiro atoms. The van der Waals surface area contributed by atoms with E-state index in [1.165, 1.54) is 4.31 Å². The molecule has 2 rings (SSSR count). The molecule has 1 aliphatic rings. The molecule has 0 aromatic carbocycles. The summed E-state index contributed by atoms with van der Waals surface area (Å²) in [6.07, 6.45) is 4.36. The van der Waals surface area contributed by atoms with Crippen molar-refractivity contribution in [2.75, 3.05) is 31.9 Å². The van der Waals surface area contributed by atoms with Gasteiger partial charge in [0, 0.05) is 25.3 Å².